The highest BCUT2D eigenvalue weighted by molar-refractivity contribution is 5.72. The molecule has 21 heavy (non-hydrogen) atoms. The van der Waals surface area contributed by atoms with Gasteiger partial charge in [-0.15, -0.1) is 0 Å². The molecule has 1 aromatic carbocycles. The normalized spacial score (nSPS) is 13.3. The van der Waals surface area contributed by atoms with Crippen molar-refractivity contribution in [1.29, 1.82) is 0 Å². The number of rotatable bonds is 8. The second-order valence-corrected chi connectivity index (χ2v) is 5.20. The number of esters is 2. The zero-order valence-electron chi connectivity index (χ0n) is 13.0. The quantitative estimate of drug-likeness (QED) is 0.691. The molecule has 1 aromatic rings. The van der Waals surface area contributed by atoms with E-state index in [1.54, 1.807) is 6.92 Å². The number of ether oxygens (including phenoxy) is 2. The number of hydrogen-bond donors (Lipinski definition) is 0. The molecule has 0 saturated carbocycles. The lowest BCUT2D eigenvalue weighted by molar-refractivity contribution is -0.154. The molecule has 0 spiro atoms. The lowest BCUT2D eigenvalue weighted by Crippen LogP contribution is -2.23. The third kappa shape index (κ3) is 6.93. The van der Waals surface area contributed by atoms with Gasteiger partial charge in [0, 0.05) is 12.8 Å². The lowest BCUT2D eigenvalue weighted by atomic mass is 10.0. The van der Waals surface area contributed by atoms with Crippen LogP contribution in [0.2, 0.25) is 0 Å². The number of carbonyl (C=O) groups is 2. The van der Waals surface area contributed by atoms with E-state index in [9.17, 15) is 9.59 Å². The van der Waals surface area contributed by atoms with Gasteiger partial charge in [0.25, 0.3) is 0 Å². The number of carbonyl (C=O) groups excluding carboxylic acids is 2. The van der Waals surface area contributed by atoms with Gasteiger partial charge in [-0.3, -0.25) is 9.59 Å². The third-order valence-electron chi connectivity index (χ3n) is 3.18. The summed E-state index contributed by atoms with van der Waals surface area (Å²) >= 11 is 0. The minimum absolute atomic E-state index is 0.187. The van der Waals surface area contributed by atoms with E-state index in [0.29, 0.717) is 19.3 Å². The largest absolute Gasteiger partial charge is 0.466 e. The molecule has 0 N–H and O–H groups in total. The summed E-state index contributed by atoms with van der Waals surface area (Å²) in [6.07, 6.45) is 1.30. The fourth-order valence-electron chi connectivity index (χ4n) is 1.87. The van der Waals surface area contributed by atoms with Gasteiger partial charge in [-0.05, 0) is 18.9 Å². The molecule has 4 nitrogen and oxygen atoms in total. The van der Waals surface area contributed by atoms with Gasteiger partial charge in [0.05, 0.1) is 12.5 Å². The Hall–Kier alpha value is -1.84. The van der Waals surface area contributed by atoms with Crippen molar-refractivity contribution in [3.63, 3.8) is 0 Å². The predicted octanol–water partition coefficient (Wildman–Crippen LogP) is 3.14. The molecular formula is C17H24O4. The molecular weight excluding hydrogens is 268 g/mol. The van der Waals surface area contributed by atoms with E-state index in [2.05, 4.69) is 0 Å². The summed E-state index contributed by atoms with van der Waals surface area (Å²) < 4.78 is 10.3. The summed E-state index contributed by atoms with van der Waals surface area (Å²) in [5, 5.41) is 0. The minimum Gasteiger partial charge on any atom is -0.466 e. The summed E-state index contributed by atoms with van der Waals surface area (Å²) in [6, 6.07) is 9.86. The van der Waals surface area contributed by atoms with Crippen LogP contribution in [0.4, 0.5) is 0 Å². The van der Waals surface area contributed by atoms with E-state index < -0.39 is 0 Å². The van der Waals surface area contributed by atoms with Crippen LogP contribution in [0, 0.1) is 5.92 Å². The van der Waals surface area contributed by atoms with Gasteiger partial charge in [-0.2, -0.15) is 0 Å². The fourth-order valence-corrected chi connectivity index (χ4v) is 1.87. The Bertz CT molecular complexity index is 441. The smallest absolute Gasteiger partial charge is 0.309 e. The highest BCUT2D eigenvalue weighted by Crippen LogP contribution is 2.11. The Kier molecular flexibility index (Phi) is 7.51. The average Bonchev–Trinajstić information content (AvgIpc) is 2.47. The van der Waals surface area contributed by atoms with Gasteiger partial charge in [0.15, 0.2) is 0 Å². The molecule has 116 valence electrons. The van der Waals surface area contributed by atoms with Crippen molar-refractivity contribution in [3.8, 4) is 0 Å². The monoisotopic (exact) mass is 292 g/mol. The zero-order chi connectivity index (χ0) is 15.7. The molecule has 0 aromatic heterocycles. The van der Waals surface area contributed by atoms with Crippen LogP contribution in [0.1, 0.15) is 39.2 Å². The van der Waals surface area contributed by atoms with Gasteiger partial charge < -0.3 is 9.47 Å². The maximum absolute atomic E-state index is 12.0. The van der Waals surface area contributed by atoms with Gasteiger partial charge in [-0.1, -0.05) is 44.2 Å². The molecule has 0 radical (unpaired) electrons. The van der Waals surface area contributed by atoms with E-state index in [1.165, 1.54) is 0 Å². The van der Waals surface area contributed by atoms with E-state index in [0.717, 1.165) is 5.56 Å². The molecule has 0 aliphatic carbocycles. The number of hydrogen-bond acceptors (Lipinski definition) is 4. The molecule has 2 atom stereocenters. The topological polar surface area (TPSA) is 52.6 Å². The molecule has 0 aliphatic heterocycles. The van der Waals surface area contributed by atoms with Crippen LogP contribution in [0.5, 0.6) is 0 Å². The number of benzene rings is 1. The van der Waals surface area contributed by atoms with Crippen molar-refractivity contribution in [2.24, 2.45) is 5.92 Å². The van der Waals surface area contributed by atoms with Crippen LogP contribution in [-0.2, 0) is 25.5 Å². The predicted molar refractivity (Wildman–Crippen MR) is 80.7 cm³/mol. The van der Waals surface area contributed by atoms with Gasteiger partial charge >= 0.3 is 11.9 Å². The van der Waals surface area contributed by atoms with Crippen molar-refractivity contribution in [2.75, 3.05) is 6.61 Å². The zero-order valence-corrected chi connectivity index (χ0v) is 13.0. The average molecular weight is 292 g/mol. The molecule has 0 fully saturated rings. The Morgan fingerprint density at radius 1 is 1.14 bits per heavy atom. The maximum atomic E-state index is 12.0. The Morgan fingerprint density at radius 3 is 2.43 bits per heavy atom. The third-order valence-corrected chi connectivity index (χ3v) is 3.18. The standard InChI is InChI=1S/C17H24O4/c1-4-16(18)20-11-10-14(3)21-17(19)13(2)12-15-8-6-5-7-9-15/h5-9,13-14H,4,10-12H2,1-3H3. The minimum atomic E-state index is -0.250. The Labute approximate surface area is 126 Å². The molecule has 0 heterocycles. The van der Waals surface area contributed by atoms with Crippen LogP contribution in [-0.4, -0.2) is 24.6 Å². The van der Waals surface area contributed by atoms with E-state index in [1.807, 2.05) is 44.2 Å². The first kappa shape index (κ1) is 17.2. The molecule has 0 aliphatic rings. The van der Waals surface area contributed by atoms with Crippen molar-refractivity contribution in [2.45, 2.75) is 46.1 Å². The molecule has 0 saturated heterocycles. The molecule has 2 unspecified atom stereocenters. The first-order valence-electron chi connectivity index (χ1n) is 7.43. The first-order valence-corrected chi connectivity index (χ1v) is 7.43. The highest BCUT2D eigenvalue weighted by Gasteiger charge is 2.18. The van der Waals surface area contributed by atoms with E-state index in [4.69, 9.17) is 9.47 Å². The molecule has 4 heteroatoms. The van der Waals surface area contributed by atoms with Gasteiger partial charge in [0.1, 0.15) is 6.10 Å². The van der Waals surface area contributed by atoms with Crippen LogP contribution in [0.15, 0.2) is 30.3 Å². The van der Waals surface area contributed by atoms with Crippen LogP contribution in [0.25, 0.3) is 0 Å². The summed E-state index contributed by atoms with van der Waals surface area (Å²) in [6.45, 7) is 5.71. The summed E-state index contributed by atoms with van der Waals surface area (Å²) in [5.41, 5.74) is 1.12. The summed E-state index contributed by atoms with van der Waals surface area (Å²) in [7, 11) is 0. The molecule has 0 amide bonds. The van der Waals surface area contributed by atoms with Crippen LogP contribution >= 0.6 is 0 Å². The Balaban J connectivity index is 2.29. The van der Waals surface area contributed by atoms with Gasteiger partial charge in [-0.25, -0.2) is 0 Å². The summed E-state index contributed by atoms with van der Waals surface area (Å²) in [4.78, 5) is 23.0. The Morgan fingerprint density at radius 2 is 1.81 bits per heavy atom. The second-order valence-electron chi connectivity index (χ2n) is 5.20. The molecule has 0 bridgehead atoms. The van der Waals surface area contributed by atoms with Crippen molar-refractivity contribution in [3.05, 3.63) is 35.9 Å². The van der Waals surface area contributed by atoms with Crippen molar-refractivity contribution >= 4 is 11.9 Å². The fraction of sp³-hybridized carbons (Fsp3) is 0.529. The highest BCUT2D eigenvalue weighted by atomic mass is 16.6. The lowest BCUT2D eigenvalue weighted by Gasteiger charge is -2.17. The maximum Gasteiger partial charge on any atom is 0.309 e. The molecule has 1 rings (SSSR count). The van der Waals surface area contributed by atoms with Crippen LogP contribution in [0.3, 0.4) is 0 Å². The second kappa shape index (κ2) is 9.16. The summed E-state index contributed by atoms with van der Waals surface area (Å²) in [5.74, 6) is -0.632. The van der Waals surface area contributed by atoms with E-state index in [-0.39, 0.29) is 30.6 Å². The van der Waals surface area contributed by atoms with Crippen molar-refractivity contribution < 1.29 is 19.1 Å². The van der Waals surface area contributed by atoms with Crippen molar-refractivity contribution in [1.82, 2.24) is 0 Å². The van der Waals surface area contributed by atoms with Gasteiger partial charge in [0.2, 0.25) is 0 Å². The first-order chi connectivity index (χ1) is 10.0. The SMILES string of the molecule is CCC(=O)OCCC(C)OC(=O)C(C)Cc1ccccc1. The van der Waals surface area contributed by atoms with Crippen LogP contribution < -0.4 is 0 Å². The van der Waals surface area contributed by atoms with E-state index >= 15 is 0 Å².